The van der Waals surface area contributed by atoms with Crippen molar-refractivity contribution in [3.8, 4) is 0 Å². The smallest absolute Gasteiger partial charge is 0.0595 e. The van der Waals surface area contributed by atoms with Gasteiger partial charge in [-0.1, -0.05) is 71.4 Å². The lowest BCUT2D eigenvalue weighted by Crippen LogP contribution is -2.30. The van der Waals surface area contributed by atoms with E-state index in [0.717, 1.165) is 38.0 Å². The van der Waals surface area contributed by atoms with Gasteiger partial charge >= 0.3 is 0 Å². The summed E-state index contributed by atoms with van der Waals surface area (Å²) in [6.07, 6.45) is 7.92. The first-order valence-corrected chi connectivity index (χ1v) is 13.3. The second-order valence-electron chi connectivity index (χ2n) is 10.0. The molecule has 0 bridgehead atoms. The maximum atomic E-state index is 6.13. The third-order valence-electron chi connectivity index (χ3n) is 8.57. The van der Waals surface area contributed by atoms with Gasteiger partial charge in [-0.3, -0.25) is 0 Å². The molecule has 0 unspecified atom stereocenters. The first-order chi connectivity index (χ1) is 15.4. The predicted molar refractivity (Wildman–Crippen MR) is 137 cm³/mol. The van der Waals surface area contributed by atoms with Crippen molar-refractivity contribution >= 4 is 46.4 Å². The Morgan fingerprint density at radius 1 is 0.625 bits per heavy atom. The van der Waals surface area contributed by atoms with Gasteiger partial charge in [-0.2, -0.15) is 0 Å². The highest BCUT2D eigenvalue weighted by Gasteiger charge is 2.48. The molecule has 2 aliphatic heterocycles. The van der Waals surface area contributed by atoms with Crippen molar-refractivity contribution in [2.24, 2.45) is 11.8 Å². The Morgan fingerprint density at radius 2 is 1.06 bits per heavy atom. The molecule has 2 heterocycles. The van der Waals surface area contributed by atoms with Crippen LogP contribution in [0, 0.1) is 11.8 Å². The van der Waals surface area contributed by atoms with Crippen LogP contribution in [0.25, 0.3) is 0 Å². The number of hydrogen-bond acceptors (Lipinski definition) is 2. The Labute approximate surface area is 211 Å². The van der Waals surface area contributed by atoms with Crippen LogP contribution in [0.3, 0.4) is 0 Å². The van der Waals surface area contributed by atoms with Crippen LogP contribution in [-0.4, -0.2) is 26.2 Å². The number of halogens is 4. The van der Waals surface area contributed by atoms with Crippen molar-refractivity contribution in [2.75, 3.05) is 26.2 Å². The van der Waals surface area contributed by atoms with Crippen LogP contribution in [-0.2, 0) is 10.8 Å². The van der Waals surface area contributed by atoms with E-state index < -0.39 is 0 Å². The summed E-state index contributed by atoms with van der Waals surface area (Å²) in [6.45, 7) is 4.49. The molecule has 6 heteroatoms. The summed E-state index contributed by atoms with van der Waals surface area (Å²) in [7, 11) is 0. The van der Waals surface area contributed by atoms with E-state index in [0.29, 0.717) is 30.9 Å². The Kier molecular flexibility index (Phi) is 6.75. The number of benzene rings is 2. The SMILES string of the molecule is Clc1ccc([C@@]23CCC[C@@H]2CNC3)cc1Cl.Clc1ccc([C@]23CCC[C@H]2CNC3)cc1Cl. The summed E-state index contributed by atoms with van der Waals surface area (Å²) in [6, 6.07) is 12.3. The molecule has 32 heavy (non-hydrogen) atoms. The maximum absolute atomic E-state index is 6.13. The molecule has 0 aromatic heterocycles. The summed E-state index contributed by atoms with van der Waals surface area (Å²) in [5.74, 6) is 1.56. The molecular formula is C26H30Cl4N2. The summed E-state index contributed by atoms with van der Waals surface area (Å²) in [5.41, 5.74) is 3.39. The molecule has 0 amide bonds. The highest BCUT2D eigenvalue weighted by Crippen LogP contribution is 2.49. The van der Waals surface area contributed by atoms with Crippen LogP contribution in [0.2, 0.25) is 20.1 Å². The zero-order valence-electron chi connectivity index (χ0n) is 18.2. The van der Waals surface area contributed by atoms with Gasteiger partial charge in [0, 0.05) is 23.9 Å². The number of nitrogens with one attached hydrogen (secondary N) is 2. The molecule has 2 aromatic rings. The van der Waals surface area contributed by atoms with Crippen molar-refractivity contribution < 1.29 is 0 Å². The van der Waals surface area contributed by atoms with Crippen LogP contribution in [0.4, 0.5) is 0 Å². The van der Waals surface area contributed by atoms with E-state index in [9.17, 15) is 0 Å². The lowest BCUT2D eigenvalue weighted by atomic mass is 9.75. The van der Waals surface area contributed by atoms with Gasteiger partial charge in [-0.15, -0.1) is 0 Å². The fraction of sp³-hybridized carbons (Fsp3) is 0.538. The topological polar surface area (TPSA) is 24.1 Å². The highest BCUT2D eigenvalue weighted by molar-refractivity contribution is 6.42. The molecule has 4 atom stereocenters. The van der Waals surface area contributed by atoms with E-state index in [4.69, 9.17) is 46.4 Å². The van der Waals surface area contributed by atoms with Crippen LogP contribution in [0.15, 0.2) is 36.4 Å². The van der Waals surface area contributed by atoms with Crippen molar-refractivity contribution in [3.63, 3.8) is 0 Å². The van der Waals surface area contributed by atoms with Crippen LogP contribution in [0.1, 0.15) is 49.7 Å². The molecule has 2 N–H and O–H groups in total. The van der Waals surface area contributed by atoms with Crippen molar-refractivity contribution in [1.82, 2.24) is 10.6 Å². The average molecular weight is 512 g/mol. The minimum Gasteiger partial charge on any atom is -0.316 e. The molecular weight excluding hydrogens is 482 g/mol. The summed E-state index contributed by atoms with van der Waals surface area (Å²) in [5, 5.41) is 9.73. The second-order valence-corrected chi connectivity index (χ2v) is 11.6. The average Bonchev–Trinajstić information content (AvgIpc) is 3.52. The third-order valence-corrected chi connectivity index (χ3v) is 10.0. The number of rotatable bonds is 2. The highest BCUT2D eigenvalue weighted by atomic mass is 35.5. The molecule has 2 nitrogen and oxygen atoms in total. The molecule has 2 saturated heterocycles. The summed E-state index contributed by atoms with van der Waals surface area (Å²) < 4.78 is 0. The van der Waals surface area contributed by atoms with E-state index in [1.54, 1.807) is 0 Å². The largest absolute Gasteiger partial charge is 0.316 e. The fourth-order valence-electron chi connectivity index (χ4n) is 6.86. The van der Waals surface area contributed by atoms with Gasteiger partial charge in [0.15, 0.2) is 0 Å². The third kappa shape index (κ3) is 4.00. The molecule has 0 spiro atoms. The van der Waals surface area contributed by atoms with E-state index in [-0.39, 0.29) is 0 Å². The van der Waals surface area contributed by atoms with Gasteiger partial charge in [-0.05, 0) is 86.0 Å². The lowest BCUT2D eigenvalue weighted by molar-refractivity contribution is 0.402. The van der Waals surface area contributed by atoms with E-state index in [2.05, 4.69) is 34.9 Å². The lowest BCUT2D eigenvalue weighted by Gasteiger charge is -2.29. The van der Waals surface area contributed by atoms with E-state index in [1.165, 1.54) is 49.7 Å². The second kappa shape index (κ2) is 9.29. The summed E-state index contributed by atoms with van der Waals surface area (Å²) in [4.78, 5) is 0. The molecule has 2 saturated carbocycles. The minimum absolute atomic E-state index is 0.328. The minimum atomic E-state index is 0.328. The van der Waals surface area contributed by atoms with Crippen molar-refractivity contribution in [2.45, 2.75) is 49.4 Å². The molecule has 4 aliphatic rings. The fourth-order valence-corrected chi connectivity index (χ4v) is 7.46. The standard InChI is InChI=1S/2C13H15Cl2N/c2*14-11-4-3-9(6-12(11)15)13-5-1-2-10(13)7-16-8-13/h2*3-4,6,10,16H,1-2,5,7-8H2/t2*10-,13+/m10/s1. The molecule has 2 aromatic carbocycles. The predicted octanol–water partition coefficient (Wildman–Crippen LogP) is 7.27. The number of fused-ring (bicyclic) bond motifs is 2. The van der Waals surface area contributed by atoms with Crippen LogP contribution < -0.4 is 10.6 Å². The zero-order chi connectivity index (χ0) is 22.3. The number of hydrogen-bond donors (Lipinski definition) is 2. The normalized spacial score (nSPS) is 33.0. The Balaban J connectivity index is 0.000000135. The Bertz CT molecular complexity index is 892. The summed E-state index contributed by atoms with van der Waals surface area (Å²) >= 11 is 24.2. The van der Waals surface area contributed by atoms with E-state index in [1.807, 2.05) is 12.1 Å². The Morgan fingerprint density at radius 3 is 1.47 bits per heavy atom. The monoisotopic (exact) mass is 510 g/mol. The van der Waals surface area contributed by atoms with Gasteiger partial charge in [-0.25, -0.2) is 0 Å². The van der Waals surface area contributed by atoms with Gasteiger partial charge in [0.1, 0.15) is 0 Å². The van der Waals surface area contributed by atoms with E-state index >= 15 is 0 Å². The molecule has 0 radical (unpaired) electrons. The van der Waals surface area contributed by atoms with Crippen molar-refractivity contribution in [1.29, 1.82) is 0 Å². The van der Waals surface area contributed by atoms with Gasteiger partial charge in [0.2, 0.25) is 0 Å². The van der Waals surface area contributed by atoms with Gasteiger partial charge in [0.25, 0.3) is 0 Å². The van der Waals surface area contributed by atoms with Crippen LogP contribution >= 0.6 is 46.4 Å². The maximum Gasteiger partial charge on any atom is 0.0595 e. The Hall–Kier alpha value is -0.480. The van der Waals surface area contributed by atoms with Gasteiger partial charge < -0.3 is 10.6 Å². The van der Waals surface area contributed by atoms with Crippen molar-refractivity contribution in [3.05, 3.63) is 67.6 Å². The molecule has 2 aliphatic carbocycles. The first-order valence-electron chi connectivity index (χ1n) is 11.8. The van der Waals surface area contributed by atoms with Gasteiger partial charge in [0.05, 0.1) is 20.1 Å². The molecule has 172 valence electrons. The quantitative estimate of drug-likeness (QED) is 0.443. The van der Waals surface area contributed by atoms with Crippen LogP contribution in [0.5, 0.6) is 0 Å². The molecule has 6 rings (SSSR count). The zero-order valence-corrected chi connectivity index (χ0v) is 21.2. The molecule has 4 fully saturated rings. The first kappa shape index (κ1) is 23.3.